The van der Waals surface area contributed by atoms with Crippen LogP contribution in [0.2, 0.25) is 0 Å². The van der Waals surface area contributed by atoms with E-state index in [-0.39, 0.29) is 5.69 Å². The van der Waals surface area contributed by atoms with Gasteiger partial charge in [0.2, 0.25) is 0 Å². The highest BCUT2D eigenvalue weighted by Gasteiger charge is 2.08. The standard InChI is InChI=1S/C13H17BrN4OS/c1-8(2)15-7-9-4-5-10(6-11(9)14)20-13-17-16-12(19)18(13)3/h4-6,8,15H,7H2,1-3H3,(H,16,19). The Kier molecular flexibility index (Phi) is 5.06. The lowest BCUT2D eigenvalue weighted by Crippen LogP contribution is -2.21. The van der Waals surface area contributed by atoms with Gasteiger partial charge < -0.3 is 5.32 Å². The summed E-state index contributed by atoms with van der Waals surface area (Å²) in [6.45, 7) is 5.07. The maximum absolute atomic E-state index is 11.3. The van der Waals surface area contributed by atoms with E-state index in [1.165, 1.54) is 21.9 Å². The molecule has 0 aliphatic heterocycles. The van der Waals surface area contributed by atoms with Crippen molar-refractivity contribution in [2.75, 3.05) is 0 Å². The molecule has 2 N–H and O–H groups in total. The zero-order valence-corrected chi connectivity index (χ0v) is 14.0. The second-order valence-electron chi connectivity index (χ2n) is 4.76. The molecule has 1 aromatic heterocycles. The zero-order valence-electron chi connectivity index (χ0n) is 11.6. The molecule has 0 aliphatic carbocycles. The van der Waals surface area contributed by atoms with Crippen LogP contribution in [0.1, 0.15) is 19.4 Å². The number of rotatable bonds is 5. The largest absolute Gasteiger partial charge is 0.343 e. The SMILES string of the molecule is CC(C)NCc1ccc(Sc2n[nH]c(=O)n2C)cc1Br. The summed E-state index contributed by atoms with van der Waals surface area (Å²) in [6.07, 6.45) is 0. The van der Waals surface area contributed by atoms with Gasteiger partial charge in [-0.1, -0.05) is 35.8 Å². The molecule has 0 spiro atoms. The average Bonchev–Trinajstić information content (AvgIpc) is 2.69. The molecule has 0 atom stereocenters. The van der Waals surface area contributed by atoms with E-state index >= 15 is 0 Å². The van der Waals surface area contributed by atoms with E-state index in [9.17, 15) is 4.79 Å². The van der Waals surface area contributed by atoms with Crippen molar-refractivity contribution < 1.29 is 0 Å². The molecular weight excluding hydrogens is 340 g/mol. The average molecular weight is 357 g/mol. The minimum atomic E-state index is -0.204. The Labute approximate surface area is 130 Å². The number of nitrogens with zero attached hydrogens (tertiary/aromatic N) is 2. The van der Waals surface area contributed by atoms with Gasteiger partial charge in [0.05, 0.1) is 0 Å². The molecular formula is C13H17BrN4OS. The third-order valence-electron chi connectivity index (χ3n) is 2.77. The normalized spacial score (nSPS) is 11.2. The van der Waals surface area contributed by atoms with Crippen molar-refractivity contribution in [1.29, 1.82) is 0 Å². The first-order valence-corrected chi connectivity index (χ1v) is 7.89. The number of halogens is 1. The molecule has 0 saturated heterocycles. The Bertz CT molecular complexity index is 650. The summed E-state index contributed by atoms with van der Waals surface area (Å²) in [5, 5.41) is 10.4. The van der Waals surface area contributed by atoms with Gasteiger partial charge in [0.15, 0.2) is 5.16 Å². The molecule has 0 radical (unpaired) electrons. The Balaban J connectivity index is 2.13. The molecule has 0 bridgehead atoms. The van der Waals surface area contributed by atoms with Gasteiger partial charge in [0.1, 0.15) is 0 Å². The molecule has 2 rings (SSSR count). The number of nitrogens with one attached hydrogen (secondary N) is 2. The molecule has 7 heteroatoms. The second-order valence-corrected chi connectivity index (χ2v) is 6.66. The highest BCUT2D eigenvalue weighted by molar-refractivity contribution is 9.10. The lowest BCUT2D eigenvalue weighted by atomic mass is 10.2. The first-order valence-electron chi connectivity index (χ1n) is 6.28. The van der Waals surface area contributed by atoms with Crippen LogP contribution in [0.25, 0.3) is 0 Å². The molecule has 0 saturated carbocycles. The number of benzene rings is 1. The van der Waals surface area contributed by atoms with Crippen LogP contribution in [0.4, 0.5) is 0 Å². The summed E-state index contributed by atoms with van der Waals surface area (Å²) < 4.78 is 2.54. The molecule has 0 amide bonds. The van der Waals surface area contributed by atoms with Crippen molar-refractivity contribution in [2.24, 2.45) is 7.05 Å². The van der Waals surface area contributed by atoms with E-state index in [0.717, 1.165) is 15.9 Å². The monoisotopic (exact) mass is 356 g/mol. The minimum absolute atomic E-state index is 0.204. The lowest BCUT2D eigenvalue weighted by molar-refractivity contribution is 0.587. The van der Waals surface area contributed by atoms with Crippen LogP contribution in [-0.4, -0.2) is 20.8 Å². The van der Waals surface area contributed by atoms with Gasteiger partial charge in [-0.25, -0.2) is 9.89 Å². The number of aromatic amines is 1. The Morgan fingerprint density at radius 3 is 2.80 bits per heavy atom. The fourth-order valence-corrected chi connectivity index (χ4v) is 3.08. The first kappa shape index (κ1) is 15.3. The lowest BCUT2D eigenvalue weighted by Gasteiger charge is -2.10. The van der Waals surface area contributed by atoms with Crippen LogP contribution in [-0.2, 0) is 13.6 Å². The van der Waals surface area contributed by atoms with Crippen molar-refractivity contribution in [1.82, 2.24) is 20.1 Å². The van der Waals surface area contributed by atoms with Gasteiger partial charge in [-0.05, 0) is 29.5 Å². The highest BCUT2D eigenvalue weighted by atomic mass is 79.9. The maximum Gasteiger partial charge on any atom is 0.343 e. The topological polar surface area (TPSA) is 62.7 Å². The Morgan fingerprint density at radius 2 is 2.25 bits per heavy atom. The van der Waals surface area contributed by atoms with Crippen LogP contribution >= 0.6 is 27.7 Å². The van der Waals surface area contributed by atoms with E-state index in [2.05, 4.69) is 51.4 Å². The molecule has 5 nitrogen and oxygen atoms in total. The number of hydrogen-bond acceptors (Lipinski definition) is 4. The van der Waals surface area contributed by atoms with Crippen LogP contribution in [0.15, 0.2) is 37.5 Å². The number of H-pyrrole nitrogens is 1. The molecule has 108 valence electrons. The van der Waals surface area contributed by atoms with Gasteiger partial charge in [-0.3, -0.25) is 4.57 Å². The predicted molar refractivity (Wildman–Crippen MR) is 84.1 cm³/mol. The summed E-state index contributed by atoms with van der Waals surface area (Å²) in [7, 11) is 1.70. The van der Waals surface area contributed by atoms with Crippen molar-refractivity contribution in [3.05, 3.63) is 38.7 Å². The highest BCUT2D eigenvalue weighted by Crippen LogP contribution is 2.29. The minimum Gasteiger partial charge on any atom is -0.310 e. The summed E-state index contributed by atoms with van der Waals surface area (Å²) in [4.78, 5) is 12.3. The first-order chi connectivity index (χ1) is 9.47. The Morgan fingerprint density at radius 1 is 1.50 bits per heavy atom. The molecule has 0 unspecified atom stereocenters. The van der Waals surface area contributed by atoms with E-state index in [1.807, 2.05) is 12.1 Å². The fourth-order valence-electron chi connectivity index (χ4n) is 1.58. The van der Waals surface area contributed by atoms with Gasteiger partial charge in [-0.2, -0.15) is 0 Å². The van der Waals surface area contributed by atoms with Crippen LogP contribution in [0.5, 0.6) is 0 Å². The van der Waals surface area contributed by atoms with Gasteiger partial charge >= 0.3 is 5.69 Å². The van der Waals surface area contributed by atoms with Gasteiger partial charge in [0, 0.05) is 29.0 Å². The van der Waals surface area contributed by atoms with Crippen LogP contribution in [0, 0.1) is 0 Å². The van der Waals surface area contributed by atoms with Crippen molar-refractivity contribution in [2.45, 2.75) is 36.5 Å². The van der Waals surface area contributed by atoms with Crippen LogP contribution in [0.3, 0.4) is 0 Å². The third-order valence-corrected chi connectivity index (χ3v) is 4.55. The van der Waals surface area contributed by atoms with Gasteiger partial charge in [-0.15, -0.1) is 5.10 Å². The summed E-state index contributed by atoms with van der Waals surface area (Å²) in [5.74, 6) is 0. The number of aromatic nitrogens is 3. The molecule has 1 heterocycles. The quantitative estimate of drug-likeness (QED) is 0.863. The summed E-state index contributed by atoms with van der Waals surface area (Å²) in [6, 6.07) is 6.61. The Hall–Kier alpha value is -1.05. The van der Waals surface area contributed by atoms with E-state index in [1.54, 1.807) is 7.05 Å². The van der Waals surface area contributed by atoms with Crippen molar-refractivity contribution >= 4 is 27.7 Å². The fraction of sp³-hybridized carbons (Fsp3) is 0.385. The van der Waals surface area contributed by atoms with E-state index in [4.69, 9.17) is 0 Å². The van der Waals surface area contributed by atoms with E-state index in [0.29, 0.717) is 11.2 Å². The van der Waals surface area contributed by atoms with Crippen molar-refractivity contribution in [3.63, 3.8) is 0 Å². The van der Waals surface area contributed by atoms with Crippen molar-refractivity contribution in [3.8, 4) is 0 Å². The third kappa shape index (κ3) is 3.74. The van der Waals surface area contributed by atoms with E-state index < -0.39 is 0 Å². The molecule has 0 aliphatic rings. The van der Waals surface area contributed by atoms with Crippen LogP contribution < -0.4 is 11.0 Å². The maximum atomic E-state index is 11.3. The summed E-state index contributed by atoms with van der Waals surface area (Å²) in [5.41, 5.74) is 1.00. The molecule has 20 heavy (non-hydrogen) atoms. The smallest absolute Gasteiger partial charge is 0.310 e. The van der Waals surface area contributed by atoms with Gasteiger partial charge in [0.25, 0.3) is 0 Å². The predicted octanol–water partition coefficient (Wildman–Crippen LogP) is 2.52. The second kappa shape index (κ2) is 6.60. The zero-order chi connectivity index (χ0) is 14.7. The number of hydrogen-bond donors (Lipinski definition) is 2. The molecule has 2 aromatic rings. The summed E-state index contributed by atoms with van der Waals surface area (Å²) >= 11 is 5.04. The molecule has 1 aromatic carbocycles. The molecule has 0 fully saturated rings.